The highest BCUT2D eigenvalue weighted by Gasteiger charge is 2.28. The van der Waals surface area contributed by atoms with E-state index in [2.05, 4.69) is 10.3 Å². The lowest BCUT2D eigenvalue weighted by Gasteiger charge is -2.17. The fourth-order valence-corrected chi connectivity index (χ4v) is 3.33. The highest BCUT2D eigenvalue weighted by Crippen LogP contribution is 2.27. The lowest BCUT2D eigenvalue weighted by Crippen LogP contribution is -2.32. The summed E-state index contributed by atoms with van der Waals surface area (Å²) in [5, 5.41) is 3.28. The number of benzene rings is 3. The number of rotatable bonds is 7. The molecule has 6 nitrogen and oxygen atoms in total. The molecule has 0 saturated carbocycles. The topological polar surface area (TPSA) is 88.3 Å². The number of ketones is 1. The van der Waals surface area contributed by atoms with Crippen molar-refractivity contribution in [1.29, 1.82) is 0 Å². The number of aromatic nitrogens is 1. The number of nitrogens with one attached hydrogen (secondary N) is 2. The minimum absolute atomic E-state index is 0.341. The number of esters is 1. The predicted molar refractivity (Wildman–Crippen MR) is 117 cm³/mol. The Hall–Kier alpha value is -4.19. The summed E-state index contributed by atoms with van der Waals surface area (Å²) in [6, 6.07) is 24.8. The zero-order valence-electron chi connectivity index (χ0n) is 16.6. The van der Waals surface area contributed by atoms with Gasteiger partial charge in [-0.25, -0.2) is 0 Å². The quantitative estimate of drug-likeness (QED) is 0.354. The third kappa shape index (κ3) is 4.53. The molecule has 3 aromatic carbocycles. The Labute approximate surface area is 178 Å². The van der Waals surface area contributed by atoms with Crippen molar-refractivity contribution in [3.05, 3.63) is 108 Å². The predicted octanol–water partition coefficient (Wildman–Crippen LogP) is 4.07. The molecule has 31 heavy (non-hydrogen) atoms. The number of carbonyl (C=O) groups excluding carboxylic acids is 3. The third-order valence-corrected chi connectivity index (χ3v) is 4.87. The zero-order chi connectivity index (χ0) is 21.6. The van der Waals surface area contributed by atoms with Gasteiger partial charge in [-0.2, -0.15) is 0 Å². The number of para-hydroxylation sites is 1. The second-order valence-corrected chi connectivity index (χ2v) is 6.94. The van der Waals surface area contributed by atoms with Crippen LogP contribution in [0.2, 0.25) is 0 Å². The van der Waals surface area contributed by atoms with E-state index in [0.717, 1.165) is 10.9 Å². The Morgan fingerprint density at radius 2 is 1.48 bits per heavy atom. The van der Waals surface area contributed by atoms with Crippen molar-refractivity contribution in [2.24, 2.45) is 0 Å². The largest absolute Gasteiger partial charge is 0.448 e. The number of aromatic amines is 1. The van der Waals surface area contributed by atoms with Crippen LogP contribution >= 0.6 is 0 Å². The van der Waals surface area contributed by atoms with Crippen LogP contribution in [0.3, 0.4) is 0 Å². The summed E-state index contributed by atoms with van der Waals surface area (Å²) < 4.78 is 5.54. The highest BCUT2D eigenvalue weighted by atomic mass is 16.5. The molecule has 1 atom stereocenters. The molecule has 4 aromatic rings. The third-order valence-electron chi connectivity index (χ3n) is 4.87. The van der Waals surface area contributed by atoms with Gasteiger partial charge in [-0.05, 0) is 18.2 Å². The van der Waals surface area contributed by atoms with Crippen molar-refractivity contribution in [1.82, 2.24) is 10.3 Å². The van der Waals surface area contributed by atoms with Crippen molar-refractivity contribution in [3.63, 3.8) is 0 Å². The van der Waals surface area contributed by atoms with Gasteiger partial charge in [-0.3, -0.25) is 14.4 Å². The van der Waals surface area contributed by atoms with E-state index in [4.69, 9.17) is 4.74 Å². The Kier molecular flexibility index (Phi) is 5.89. The summed E-state index contributed by atoms with van der Waals surface area (Å²) in [5.74, 6) is -1.44. The van der Waals surface area contributed by atoms with Crippen molar-refractivity contribution in [2.75, 3.05) is 6.54 Å². The van der Waals surface area contributed by atoms with Gasteiger partial charge in [0.25, 0.3) is 5.91 Å². The van der Waals surface area contributed by atoms with Crippen LogP contribution in [-0.4, -0.2) is 29.2 Å². The Morgan fingerprint density at radius 3 is 2.23 bits per heavy atom. The summed E-state index contributed by atoms with van der Waals surface area (Å²) >= 11 is 0. The smallest absolute Gasteiger partial charge is 0.326 e. The fourth-order valence-electron chi connectivity index (χ4n) is 3.33. The lowest BCUT2D eigenvalue weighted by atomic mass is 9.99. The van der Waals surface area contributed by atoms with Gasteiger partial charge in [0.1, 0.15) is 6.54 Å². The standard InChI is InChI=1S/C25H20N2O4/c28-22(16-27-25(30)18-11-5-2-6-12-18)31-24(17-9-3-1-4-10-17)23(29)20-15-26-21-14-8-7-13-19(20)21/h1-15,24,26H,16H2,(H,27,30)/t24-/m1/s1. The number of hydrogen-bond donors (Lipinski definition) is 2. The molecule has 0 fully saturated rings. The molecule has 1 heterocycles. The fraction of sp³-hybridized carbons (Fsp3) is 0.0800. The summed E-state index contributed by atoms with van der Waals surface area (Å²) in [5.41, 5.74) is 2.25. The van der Waals surface area contributed by atoms with Crippen LogP contribution in [0.5, 0.6) is 0 Å². The molecular formula is C25H20N2O4. The molecule has 0 bridgehead atoms. The zero-order valence-corrected chi connectivity index (χ0v) is 16.6. The molecule has 0 aliphatic carbocycles. The average Bonchev–Trinajstić information content (AvgIpc) is 3.26. The van der Waals surface area contributed by atoms with Gasteiger partial charge >= 0.3 is 5.97 Å². The SMILES string of the molecule is O=C(CNC(=O)c1ccccc1)O[C@@H](C(=O)c1c[nH]c2ccccc12)c1ccccc1. The molecule has 6 heteroatoms. The maximum Gasteiger partial charge on any atom is 0.326 e. The van der Waals surface area contributed by atoms with E-state index in [-0.39, 0.29) is 12.3 Å². The average molecular weight is 412 g/mol. The van der Waals surface area contributed by atoms with Crippen molar-refractivity contribution in [2.45, 2.75) is 6.10 Å². The van der Waals surface area contributed by atoms with Crippen LogP contribution in [0.1, 0.15) is 32.4 Å². The van der Waals surface area contributed by atoms with Gasteiger partial charge in [0.2, 0.25) is 5.78 Å². The second kappa shape index (κ2) is 9.09. The maximum atomic E-state index is 13.3. The van der Waals surface area contributed by atoms with E-state index < -0.39 is 18.0 Å². The summed E-state index contributed by atoms with van der Waals surface area (Å²) in [6.45, 7) is -0.349. The van der Waals surface area contributed by atoms with Crippen molar-refractivity contribution in [3.8, 4) is 0 Å². The molecule has 0 saturated heterocycles. The van der Waals surface area contributed by atoms with Gasteiger partial charge in [-0.1, -0.05) is 66.7 Å². The van der Waals surface area contributed by atoms with E-state index >= 15 is 0 Å². The number of fused-ring (bicyclic) bond motifs is 1. The molecule has 0 aliphatic heterocycles. The van der Waals surface area contributed by atoms with Crippen LogP contribution in [0.25, 0.3) is 10.9 Å². The molecular weight excluding hydrogens is 392 g/mol. The minimum Gasteiger partial charge on any atom is -0.448 e. The molecule has 154 valence electrons. The lowest BCUT2D eigenvalue weighted by molar-refractivity contribution is -0.146. The summed E-state index contributed by atoms with van der Waals surface area (Å²) in [6.07, 6.45) is 0.495. The van der Waals surface area contributed by atoms with Crippen molar-refractivity contribution >= 4 is 28.6 Å². The molecule has 0 unspecified atom stereocenters. The second-order valence-electron chi connectivity index (χ2n) is 6.94. The van der Waals surface area contributed by atoms with Gasteiger partial charge in [-0.15, -0.1) is 0 Å². The molecule has 1 aromatic heterocycles. The van der Waals surface area contributed by atoms with Gasteiger partial charge in [0, 0.05) is 33.8 Å². The van der Waals surface area contributed by atoms with E-state index in [9.17, 15) is 14.4 Å². The van der Waals surface area contributed by atoms with Crippen LogP contribution in [0.15, 0.2) is 91.1 Å². The Bertz CT molecular complexity index is 1220. The van der Waals surface area contributed by atoms with Crippen LogP contribution in [0, 0.1) is 0 Å². The number of H-pyrrole nitrogens is 1. The monoisotopic (exact) mass is 412 g/mol. The number of Topliss-reactive ketones (excluding diaryl/α,β-unsaturated/α-hetero) is 1. The van der Waals surface area contributed by atoms with Crippen LogP contribution in [0.4, 0.5) is 0 Å². The molecule has 2 N–H and O–H groups in total. The highest BCUT2D eigenvalue weighted by molar-refractivity contribution is 6.10. The first-order valence-electron chi connectivity index (χ1n) is 9.81. The first kappa shape index (κ1) is 20.1. The molecule has 0 spiro atoms. The molecule has 0 radical (unpaired) electrons. The summed E-state index contributed by atoms with van der Waals surface area (Å²) in [4.78, 5) is 41.1. The maximum absolute atomic E-state index is 13.3. The van der Waals surface area contributed by atoms with E-state index in [1.807, 2.05) is 30.3 Å². The van der Waals surface area contributed by atoms with Gasteiger partial charge < -0.3 is 15.0 Å². The normalized spacial score (nSPS) is 11.6. The molecule has 0 aliphatic rings. The van der Waals surface area contributed by atoms with Crippen LogP contribution in [-0.2, 0) is 9.53 Å². The number of ether oxygens (including phenoxy) is 1. The Balaban J connectivity index is 1.52. The molecule has 1 amide bonds. The van der Waals surface area contributed by atoms with E-state index in [1.54, 1.807) is 60.8 Å². The molecule has 4 rings (SSSR count). The van der Waals surface area contributed by atoms with Gasteiger partial charge in [0.15, 0.2) is 6.10 Å². The van der Waals surface area contributed by atoms with Crippen LogP contribution < -0.4 is 5.32 Å². The first-order chi connectivity index (χ1) is 15.1. The number of hydrogen-bond acceptors (Lipinski definition) is 4. The van der Waals surface area contributed by atoms with E-state index in [0.29, 0.717) is 16.7 Å². The number of carbonyl (C=O) groups is 3. The Morgan fingerprint density at radius 1 is 0.839 bits per heavy atom. The minimum atomic E-state index is -1.12. The number of amides is 1. The van der Waals surface area contributed by atoms with Crippen molar-refractivity contribution < 1.29 is 19.1 Å². The van der Waals surface area contributed by atoms with Gasteiger partial charge in [0.05, 0.1) is 0 Å². The first-order valence-corrected chi connectivity index (χ1v) is 9.81. The van der Waals surface area contributed by atoms with E-state index in [1.165, 1.54) is 0 Å². The summed E-state index contributed by atoms with van der Waals surface area (Å²) in [7, 11) is 0.